The number of benzene rings is 1. The van der Waals surface area contributed by atoms with Gasteiger partial charge in [-0.1, -0.05) is 30.3 Å². The van der Waals surface area contributed by atoms with E-state index in [0.29, 0.717) is 5.75 Å². The largest absolute Gasteiger partial charge is 0.328 e. The van der Waals surface area contributed by atoms with E-state index in [1.165, 1.54) is 25.9 Å². The van der Waals surface area contributed by atoms with Crippen LogP contribution in [0.15, 0.2) is 30.3 Å². The molecule has 122 valence electrons. The van der Waals surface area contributed by atoms with Crippen LogP contribution in [0.3, 0.4) is 0 Å². The molecule has 2 fully saturated rings. The molecule has 2 saturated heterocycles. The van der Waals surface area contributed by atoms with Gasteiger partial charge in [0.25, 0.3) is 0 Å². The number of likely N-dealkylation sites (tertiary alicyclic amines) is 1. The Morgan fingerprint density at radius 1 is 1.22 bits per heavy atom. The second kappa shape index (κ2) is 7.85. The van der Waals surface area contributed by atoms with E-state index < -0.39 is 0 Å². The van der Waals surface area contributed by atoms with Crippen molar-refractivity contribution in [1.29, 1.82) is 5.26 Å². The van der Waals surface area contributed by atoms with Crippen molar-refractivity contribution >= 4 is 17.7 Å². The van der Waals surface area contributed by atoms with Crippen LogP contribution in [0, 0.1) is 11.3 Å². The molecular formula is C18H23N3OS. The number of amides is 1. The van der Waals surface area contributed by atoms with Crippen LogP contribution in [-0.2, 0) is 4.79 Å². The minimum Gasteiger partial charge on any atom is -0.328 e. The van der Waals surface area contributed by atoms with Crippen molar-refractivity contribution in [2.24, 2.45) is 0 Å². The zero-order valence-corrected chi connectivity index (χ0v) is 14.2. The van der Waals surface area contributed by atoms with Gasteiger partial charge in [-0.05, 0) is 44.5 Å². The molecule has 0 spiro atoms. The van der Waals surface area contributed by atoms with Gasteiger partial charge in [0.15, 0.2) is 0 Å². The molecule has 0 radical (unpaired) electrons. The Kier molecular flexibility index (Phi) is 5.58. The lowest BCUT2D eigenvalue weighted by molar-refractivity contribution is -0.128. The van der Waals surface area contributed by atoms with E-state index in [4.69, 9.17) is 0 Å². The number of carbonyl (C=O) groups excluding carboxylic acids is 1. The summed E-state index contributed by atoms with van der Waals surface area (Å²) in [5.41, 5.74) is 1.01. The standard InChI is InChI=1S/C18H23N3OS/c19-13-16(15-7-2-1-3-8-15)18-21(17(22)14-23-18)12-6-11-20-9-4-5-10-20/h1-3,7-8,16,18H,4-6,9-12,14H2. The number of hydrogen-bond acceptors (Lipinski definition) is 4. The first-order valence-electron chi connectivity index (χ1n) is 8.37. The van der Waals surface area contributed by atoms with Crippen molar-refractivity contribution in [3.05, 3.63) is 35.9 Å². The van der Waals surface area contributed by atoms with E-state index in [9.17, 15) is 10.1 Å². The summed E-state index contributed by atoms with van der Waals surface area (Å²) in [5, 5.41) is 9.58. The molecule has 2 heterocycles. The Bertz CT molecular complexity index is 565. The van der Waals surface area contributed by atoms with E-state index in [1.54, 1.807) is 11.8 Å². The molecule has 0 aromatic heterocycles. The lowest BCUT2D eigenvalue weighted by Crippen LogP contribution is -2.38. The number of rotatable bonds is 6. The summed E-state index contributed by atoms with van der Waals surface area (Å²) < 4.78 is 0. The van der Waals surface area contributed by atoms with Gasteiger partial charge < -0.3 is 9.80 Å². The smallest absolute Gasteiger partial charge is 0.233 e. The van der Waals surface area contributed by atoms with Crippen LogP contribution in [0.1, 0.15) is 30.7 Å². The molecule has 3 rings (SSSR count). The van der Waals surface area contributed by atoms with Gasteiger partial charge >= 0.3 is 0 Å². The van der Waals surface area contributed by atoms with Gasteiger partial charge in [0.1, 0.15) is 5.92 Å². The molecule has 2 aliphatic heterocycles. The highest BCUT2D eigenvalue weighted by Crippen LogP contribution is 2.36. The maximum absolute atomic E-state index is 12.2. The first kappa shape index (κ1) is 16.4. The highest BCUT2D eigenvalue weighted by molar-refractivity contribution is 8.01. The maximum atomic E-state index is 12.2. The van der Waals surface area contributed by atoms with Crippen molar-refractivity contribution in [3.63, 3.8) is 0 Å². The van der Waals surface area contributed by atoms with E-state index in [0.717, 1.165) is 25.1 Å². The van der Waals surface area contributed by atoms with Gasteiger partial charge in [0.05, 0.1) is 17.2 Å². The average Bonchev–Trinajstić information content (AvgIpc) is 3.21. The minimum atomic E-state index is -0.251. The maximum Gasteiger partial charge on any atom is 0.233 e. The zero-order valence-electron chi connectivity index (χ0n) is 13.4. The van der Waals surface area contributed by atoms with Crippen molar-refractivity contribution in [2.75, 3.05) is 31.9 Å². The summed E-state index contributed by atoms with van der Waals surface area (Å²) in [7, 11) is 0. The summed E-state index contributed by atoms with van der Waals surface area (Å²) in [6.45, 7) is 4.20. The van der Waals surface area contributed by atoms with Gasteiger partial charge in [-0.2, -0.15) is 5.26 Å². The molecule has 4 nitrogen and oxygen atoms in total. The van der Waals surface area contributed by atoms with Crippen LogP contribution >= 0.6 is 11.8 Å². The molecule has 1 amide bonds. The van der Waals surface area contributed by atoms with Gasteiger partial charge in [-0.15, -0.1) is 11.8 Å². The Labute approximate surface area is 142 Å². The van der Waals surface area contributed by atoms with E-state index >= 15 is 0 Å². The lowest BCUT2D eigenvalue weighted by atomic mass is 9.99. The number of carbonyl (C=O) groups is 1. The van der Waals surface area contributed by atoms with Crippen LogP contribution in [0.25, 0.3) is 0 Å². The highest BCUT2D eigenvalue weighted by atomic mass is 32.2. The van der Waals surface area contributed by atoms with Gasteiger partial charge in [0.2, 0.25) is 5.91 Å². The molecule has 1 aromatic rings. The van der Waals surface area contributed by atoms with Crippen LogP contribution in [0.5, 0.6) is 0 Å². The Morgan fingerprint density at radius 3 is 2.65 bits per heavy atom. The minimum absolute atomic E-state index is 0.0477. The summed E-state index contributed by atoms with van der Waals surface area (Å²) in [5.74, 6) is 0.427. The zero-order chi connectivity index (χ0) is 16.1. The summed E-state index contributed by atoms with van der Waals surface area (Å²) >= 11 is 1.61. The van der Waals surface area contributed by atoms with Crippen LogP contribution in [0.4, 0.5) is 0 Å². The molecule has 0 bridgehead atoms. The quantitative estimate of drug-likeness (QED) is 0.805. The second-order valence-corrected chi connectivity index (χ2v) is 7.31. The fraction of sp³-hybridized carbons (Fsp3) is 0.556. The van der Waals surface area contributed by atoms with Gasteiger partial charge in [-0.3, -0.25) is 4.79 Å². The van der Waals surface area contributed by atoms with Crippen molar-refractivity contribution in [1.82, 2.24) is 9.80 Å². The van der Waals surface area contributed by atoms with E-state index in [1.807, 2.05) is 35.2 Å². The molecule has 0 N–H and O–H groups in total. The first-order chi connectivity index (χ1) is 11.3. The number of thioether (sulfide) groups is 1. The molecular weight excluding hydrogens is 306 g/mol. The monoisotopic (exact) mass is 329 g/mol. The van der Waals surface area contributed by atoms with Crippen LogP contribution in [-0.4, -0.2) is 53.0 Å². The molecule has 1 aromatic carbocycles. The molecule has 2 aliphatic rings. The van der Waals surface area contributed by atoms with Gasteiger partial charge in [0, 0.05) is 6.54 Å². The predicted molar refractivity (Wildman–Crippen MR) is 93.0 cm³/mol. The fourth-order valence-electron chi connectivity index (χ4n) is 3.43. The molecule has 0 aliphatic carbocycles. The van der Waals surface area contributed by atoms with Crippen molar-refractivity contribution in [2.45, 2.75) is 30.6 Å². The number of hydrogen-bond donors (Lipinski definition) is 0. The third-order valence-corrected chi connectivity index (χ3v) is 5.94. The first-order valence-corrected chi connectivity index (χ1v) is 9.42. The Morgan fingerprint density at radius 2 is 1.96 bits per heavy atom. The number of nitriles is 1. The van der Waals surface area contributed by atoms with Crippen LogP contribution in [0.2, 0.25) is 0 Å². The van der Waals surface area contributed by atoms with Crippen molar-refractivity contribution < 1.29 is 4.79 Å². The summed E-state index contributed by atoms with van der Waals surface area (Å²) in [6, 6.07) is 12.3. The van der Waals surface area contributed by atoms with E-state index in [2.05, 4.69) is 11.0 Å². The third kappa shape index (κ3) is 3.88. The second-order valence-electron chi connectivity index (χ2n) is 6.21. The molecule has 2 unspecified atom stereocenters. The summed E-state index contributed by atoms with van der Waals surface area (Å²) in [6.07, 6.45) is 3.59. The normalized spacial score (nSPS) is 23.2. The average molecular weight is 329 g/mol. The molecule has 2 atom stereocenters. The Hall–Kier alpha value is -1.51. The Balaban J connectivity index is 1.62. The molecule has 23 heavy (non-hydrogen) atoms. The molecule has 0 saturated carbocycles. The lowest BCUT2D eigenvalue weighted by Gasteiger charge is -2.28. The topological polar surface area (TPSA) is 47.3 Å². The highest BCUT2D eigenvalue weighted by Gasteiger charge is 2.37. The summed E-state index contributed by atoms with van der Waals surface area (Å²) in [4.78, 5) is 16.7. The predicted octanol–water partition coefficient (Wildman–Crippen LogP) is 2.68. The van der Waals surface area contributed by atoms with Gasteiger partial charge in [-0.25, -0.2) is 0 Å². The fourth-order valence-corrected chi connectivity index (χ4v) is 4.73. The van der Waals surface area contributed by atoms with Crippen LogP contribution < -0.4 is 0 Å². The number of nitrogens with zero attached hydrogens (tertiary/aromatic N) is 3. The SMILES string of the molecule is N#CC(c1ccccc1)C1SCC(=O)N1CCCN1CCCC1. The molecule has 5 heteroatoms. The van der Waals surface area contributed by atoms with Crippen molar-refractivity contribution in [3.8, 4) is 6.07 Å². The third-order valence-electron chi connectivity index (χ3n) is 4.66. The van der Waals surface area contributed by atoms with E-state index in [-0.39, 0.29) is 17.2 Å².